The number of carbonyl (C=O) groups is 1. The zero-order valence-electron chi connectivity index (χ0n) is 11.3. The van der Waals surface area contributed by atoms with Crippen molar-refractivity contribution < 1.29 is 4.79 Å². The van der Waals surface area contributed by atoms with Crippen LogP contribution in [0.25, 0.3) is 0 Å². The van der Waals surface area contributed by atoms with Crippen LogP contribution in [0.15, 0.2) is 29.2 Å². The number of rotatable bonds is 6. The van der Waals surface area contributed by atoms with E-state index < -0.39 is 0 Å². The van der Waals surface area contributed by atoms with E-state index >= 15 is 0 Å². The average molecular weight is 266 g/mol. The minimum atomic E-state index is 0.115. The molecule has 0 spiro atoms. The van der Waals surface area contributed by atoms with E-state index in [1.807, 2.05) is 26.1 Å². The van der Waals surface area contributed by atoms with Crippen LogP contribution in [0.4, 0.5) is 5.69 Å². The third kappa shape index (κ3) is 4.35. The smallest absolute Gasteiger partial charge is 0.227 e. The molecule has 100 valence electrons. The highest BCUT2D eigenvalue weighted by Gasteiger charge is 2.13. The van der Waals surface area contributed by atoms with Crippen LogP contribution in [0.2, 0.25) is 0 Å². The van der Waals surface area contributed by atoms with Gasteiger partial charge in [-0.2, -0.15) is 0 Å². The highest BCUT2D eigenvalue weighted by molar-refractivity contribution is 7.99. The fraction of sp³-hybridized carbons (Fsp3) is 0.500. The van der Waals surface area contributed by atoms with E-state index in [1.54, 1.807) is 16.7 Å². The van der Waals surface area contributed by atoms with Crippen molar-refractivity contribution in [2.45, 2.75) is 25.2 Å². The number of carbonyl (C=O) groups excluding carboxylic acids is 1. The van der Waals surface area contributed by atoms with Gasteiger partial charge in [0, 0.05) is 24.1 Å². The Hall–Kier alpha value is -1.00. The molecule has 1 unspecified atom stereocenters. The molecular formula is C14H22N2OS. The Labute approximate surface area is 114 Å². The SMILES string of the molecule is CCSc1ccc(N(C)C(=O)CC(C)CN)cc1. The second-order valence-electron chi connectivity index (χ2n) is 4.42. The number of hydrogen-bond acceptors (Lipinski definition) is 3. The molecule has 0 bridgehead atoms. The predicted molar refractivity (Wildman–Crippen MR) is 79.1 cm³/mol. The lowest BCUT2D eigenvalue weighted by molar-refractivity contribution is -0.119. The van der Waals surface area contributed by atoms with Gasteiger partial charge in [-0.05, 0) is 42.5 Å². The maximum absolute atomic E-state index is 12.0. The van der Waals surface area contributed by atoms with E-state index in [4.69, 9.17) is 5.73 Å². The molecule has 0 fully saturated rings. The molecule has 1 atom stereocenters. The number of amides is 1. The first-order chi connectivity index (χ1) is 8.58. The quantitative estimate of drug-likeness (QED) is 0.805. The molecule has 1 aromatic carbocycles. The van der Waals surface area contributed by atoms with Gasteiger partial charge in [-0.15, -0.1) is 11.8 Å². The summed E-state index contributed by atoms with van der Waals surface area (Å²) in [7, 11) is 1.81. The summed E-state index contributed by atoms with van der Waals surface area (Å²) < 4.78 is 0. The monoisotopic (exact) mass is 266 g/mol. The first kappa shape index (κ1) is 15.1. The van der Waals surface area contributed by atoms with Gasteiger partial charge >= 0.3 is 0 Å². The molecule has 0 heterocycles. The largest absolute Gasteiger partial charge is 0.330 e. The summed E-state index contributed by atoms with van der Waals surface area (Å²) >= 11 is 1.80. The number of nitrogens with two attached hydrogens (primary N) is 1. The van der Waals surface area contributed by atoms with Gasteiger partial charge in [0.2, 0.25) is 5.91 Å². The van der Waals surface area contributed by atoms with Gasteiger partial charge in [0.25, 0.3) is 0 Å². The molecule has 0 aromatic heterocycles. The molecule has 0 saturated carbocycles. The van der Waals surface area contributed by atoms with Crippen molar-refractivity contribution >= 4 is 23.4 Å². The van der Waals surface area contributed by atoms with Crippen molar-refractivity contribution in [3.05, 3.63) is 24.3 Å². The lowest BCUT2D eigenvalue weighted by atomic mass is 10.1. The minimum Gasteiger partial charge on any atom is -0.330 e. The Balaban J connectivity index is 2.65. The maximum Gasteiger partial charge on any atom is 0.227 e. The second-order valence-corrected chi connectivity index (χ2v) is 5.76. The highest BCUT2D eigenvalue weighted by Crippen LogP contribution is 2.22. The van der Waals surface area contributed by atoms with E-state index in [2.05, 4.69) is 19.1 Å². The van der Waals surface area contributed by atoms with Crippen LogP contribution in [0, 0.1) is 5.92 Å². The molecule has 0 saturated heterocycles. The third-order valence-electron chi connectivity index (χ3n) is 2.83. The molecular weight excluding hydrogens is 244 g/mol. The molecule has 1 rings (SSSR count). The van der Waals surface area contributed by atoms with Gasteiger partial charge in [0.15, 0.2) is 0 Å². The van der Waals surface area contributed by atoms with Crippen molar-refractivity contribution in [1.82, 2.24) is 0 Å². The first-order valence-corrected chi connectivity index (χ1v) is 7.26. The third-order valence-corrected chi connectivity index (χ3v) is 3.73. The highest BCUT2D eigenvalue weighted by atomic mass is 32.2. The van der Waals surface area contributed by atoms with E-state index in [0.29, 0.717) is 13.0 Å². The zero-order valence-corrected chi connectivity index (χ0v) is 12.2. The van der Waals surface area contributed by atoms with Gasteiger partial charge in [-0.3, -0.25) is 4.79 Å². The van der Waals surface area contributed by atoms with Crippen LogP contribution in [0.3, 0.4) is 0 Å². The van der Waals surface area contributed by atoms with Gasteiger partial charge in [-0.25, -0.2) is 0 Å². The average Bonchev–Trinajstić information content (AvgIpc) is 2.39. The molecule has 2 N–H and O–H groups in total. The van der Waals surface area contributed by atoms with Crippen molar-refractivity contribution in [3.63, 3.8) is 0 Å². The summed E-state index contributed by atoms with van der Waals surface area (Å²) in [6, 6.07) is 8.09. The molecule has 4 heteroatoms. The topological polar surface area (TPSA) is 46.3 Å². The van der Waals surface area contributed by atoms with Crippen LogP contribution in [-0.2, 0) is 4.79 Å². The molecule has 0 radical (unpaired) electrons. The lowest BCUT2D eigenvalue weighted by Crippen LogP contribution is -2.29. The fourth-order valence-electron chi connectivity index (χ4n) is 1.59. The number of thioether (sulfide) groups is 1. The number of nitrogens with zero attached hydrogens (tertiary/aromatic N) is 1. The molecule has 0 aliphatic carbocycles. The van der Waals surface area contributed by atoms with Crippen LogP contribution < -0.4 is 10.6 Å². The van der Waals surface area contributed by atoms with Gasteiger partial charge < -0.3 is 10.6 Å². The number of hydrogen-bond donors (Lipinski definition) is 1. The Kier molecular flexibility index (Phi) is 6.22. The first-order valence-electron chi connectivity index (χ1n) is 6.28. The number of benzene rings is 1. The van der Waals surface area contributed by atoms with Crippen LogP contribution in [-0.4, -0.2) is 25.3 Å². The van der Waals surface area contributed by atoms with Gasteiger partial charge in [0.1, 0.15) is 0 Å². The van der Waals surface area contributed by atoms with Crippen molar-refractivity contribution in [1.29, 1.82) is 0 Å². The summed E-state index contributed by atoms with van der Waals surface area (Å²) in [4.78, 5) is 14.9. The minimum absolute atomic E-state index is 0.115. The number of anilines is 1. The Bertz CT molecular complexity index is 378. The van der Waals surface area contributed by atoms with E-state index in [9.17, 15) is 4.79 Å². The van der Waals surface area contributed by atoms with Gasteiger partial charge in [0.05, 0.1) is 0 Å². The van der Waals surface area contributed by atoms with Crippen molar-refractivity contribution in [2.75, 3.05) is 24.2 Å². The van der Waals surface area contributed by atoms with Gasteiger partial charge in [-0.1, -0.05) is 13.8 Å². The van der Waals surface area contributed by atoms with Crippen LogP contribution >= 0.6 is 11.8 Å². The van der Waals surface area contributed by atoms with E-state index in [-0.39, 0.29) is 11.8 Å². The lowest BCUT2D eigenvalue weighted by Gasteiger charge is -2.19. The predicted octanol–water partition coefficient (Wildman–Crippen LogP) is 2.75. The van der Waals surface area contributed by atoms with Crippen LogP contribution in [0.5, 0.6) is 0 Å². The molecule has 0 aliphatic heterocycles. The Morgan fingerprint density at radius 2 is 2.00 bits per heavy atom. The Morgan fingerprint density at radius 3 is 2.50 bits per heavy atom. The molecule has 18 heavy (non-hydrogen) atoms. The molecule has 1 amide bonds. The summed E-state index contributed by atoms with van der Waals surface area (Å²) in [5.74, 6) is 1.40. The molecule has 0 aliphatic rings. The maximum atomic E-state index is 12.0. The second kappa shape index (κ2) is 7.44. The summed E-state index contributed by atoms with van der Waals surface area (Å²) in [5.41, 5.74) is 6.47. The fourth-order valence-corrected chi connectivity index (χ4v) is 2.26. The summed E-state index contributed by atoms with van der Waals surface area (Å²) in [6.45, 7) is 4.67. The standard InChI is InChI=1S/C14H22N2OS/c1-4-18-13-7-5-12(6-8-13)16(3)14(17)9-11(2)10-15/h5-8,11H,4,9-10,15H2,1-3H3. The van der Waals surface area contributed by atoms with Crippen molar-refractivity contribution in [2.24, 2.45) is 11.7 Å². The van der Waals surface area contributed by atoms with Crippen LogP contribution in [0.1, 0.15) is 20.3 Å². The normalized spacial score (nSPS) is 12.2. The summed E-state index contributed by atoms with van der Waals surface area (Å²) in [6.07, 6.45) is 0.498. The molecule has 3 nitrogen and oxygen atoms in total. The Morgan fingerprint density at radius 1 is 1.39 bits per heavy atom. The van der Waals surface area contributed by atoms with E-state index in [1.165, 1.54) is 4.90 Å². The molecule has 1 aromatic rings. The summed E-state index contributed by atoms with van der Waals surface area (Å²) in [5, 5.41) is 0. The zero-order chi connectivity index (χ0) is 13.5. The van der Waals surface area contributed by atoms with Crippen molar-refractivity contribution in [3.8, 4) is 0 Å². The van der Waals surface area contributed by atoms with E-state index in [0.717, 1.165) is 11.4 Å².